The van der Waals surface area contributed by atoms with Crippen LogP contribution in [0.3, 0.4) is 0 Å². The fourth-order valence-corrected chi connectivity index (χ4v) is 2.41. The molecule has 0 amide bonds. The molecule has 2 rings (SSSR count). The first-order valence-corrected chi connectivity index (χ1v) is 5.92. The molecule has 0 saturated heterocycles. The third-order valence-electron chi connectivity index (χ3n) is 2.93. The molecule has 1 aromatic rings. The van der Waals surface area contributed by atoms with Crippen LogP contribution in [0.1, 0.15) is 25.7 Å². The van der Waals surface area contributed by atoms with Crippen molar-refractivity contribution in [3.8, 4) is 0 Å². The van der Waals surface area contributed by atoms with E-state index in [2.05, 4.69) is 38.9 Å². The molecule has 0 atom stereocenters. The lowest BCUT2D eigenvalue weighted by molar-refractivity contribution is 0.646. The Hall–Kier alpha value is -0.570. The predicted molar refractivity (Wildman–Crippen MR) is 62.6 cm³/mol. The zero-order valence-corrected chi connectivity index (χ0v) is 10.00. The van der Waals surface area contributed by atoms with E-state index in [-0.39, 0.29) is 0 Å². The Bertz CT molecular complexity index is 308. The predicted octanol–water partition coefficient (Wildman–Crippen LogP) is 3.22. The van der Waals surface area contributed by atoms with Gasteiger partial charge in [0.05, 0.1) is 0 Å². The van der Waals surface area contributed by atoms with Crippen molar-refractivity contribution in [1.82, 2.24) is 4.98 Å². The van der Waals surface area contributed by atoms with Gasteiger partial charge in [-0.25, -0.2) is 4.98 Å². The number of anilines is 1. The van der Waals surface area contributed by atoms with Gasteiger partial charge in [0, 0.05) is 13.1 Å². The van der Waals surface area contributed by atoms with Crippen LogP contribution in [0, 0.1) is 0 Å². The summed E-state index contributed by atoms with van der Waals surface area (Å²) in [6.45, 7) is 0. The standard InChI is InChI=1S/C11H15BrN2/c1-14(9-5-2-3-6-9)11-8-4-7-10(12)13-11/h4,7-9H,2-3,5-6H2,1H3. The Labute approximate surface area is 93.5 Å². The van der Waals surface area contributed by atoms with Crippen molar-refractivity contribution in [3.05, 3.63) is 22.8 Å². The maximum absolute atomic E-state index is 4.46. The monoisotopic (exact) mass is 254 g/mol. The van der Waals surface area contributed by atoms with Crippen molar-refractivity contribution < 1.29 is 0 Å². The molecule has 3 heteroatoms. The number of hydrogen-bond acceptors (Lipinski definition) is 2. The van der Waals surface area contributed by atoms with Crippen molar-refractivity contribution in [3.63, 3.8) is 0 Å². The normalized spacial score (nSPS) is 17.3. The van der Waals surface area contributed by atoms with Crippen molar-refractivity contribution in [1.29, 1.82) is 0 Å². The van der Waals surface area contributed by atoms with Gasteiger partial charge in [0.2, 0.25) is 0 Å². The second kappa shape index (κ2) is 4.30. The van der Waals surface area contributed by atoms with Gasteiger partial charge in [-0.1, -0.05) is 18.9 Å². The van der Waals surface area contributed by atoms with E-state index in [0.717, 1.165) is 10.4 Å². The number of halogens is 1. The zero-order valence-electron chi connectivity index (χ0n) is 8.41. The number of rotatable bonds is 2. The summed E-state index contributed by atoms with van der Waals surface area (Å²) in [5, 5.41) is 0. The van der Waals surface area contributed by atoms with Gasteiger partial charge in [0.25, 0.3) is 0 Å². The molecule has 1 aliphatic carbocycles. The summed E-state index contributed by atoms with van der Waals surface area (Å²) in [6.07, 6.45) is 5.35. The molecule has 0 unspecified atom stereocenters. The van der Waals surface area contributed by atoms with Gasteiger partial charge in [-0.05, 0) is 40.9 Å². The Morgan fingerprint density at radius 1 is 1.36 bits per heavy atom. The van der Waals surface area contributed by atoms with Gasteiger partial charge in [-0.2, -0.15) is 0 Å². The Morgan fingerprint density at radius 2 is 2.07 bits per heavy atom. The SMILES string of the molecule is CN(c1cccc(Br)n1)C1CCCC1. The molecule has 1 heterocycles. The fraction of sp³-hybridized carbons (Fsp3) is 0.545. The lowest BCUT2D eigenvalue weighted by atomic mass is 10.2. The van der Waals surface area contributed by atoms with E-state index in [1.807, 2.05) is 12.1 Å². The smallest absolute Gasteiger partial charge is 0.129 e. The molecule has 1 aliphatic rings. The van der Waals surface area contributed by atoms with Gasteiger partial charge in [0.15, 0.2) is 0 Å². The second-order valence-corrected chi connectivity index (χ2v) is 4.68. The minimum absolute atomic E-state index is 0.691. The quantitative estimate of drug-likeness (QED) is 0.754. The fourth-order valence-electron chi connectivity index (χ4n) is 2.07. The number of nitrogens with zero attached hydrogens (tertiary/aromatic N) is 2. The van der Waals surface area contributed by atoms with E-state index < -0.39 is 0 Å². The molecular formula is C11H15BrN2. The van der Waals surface area contributed by atoms with Gasteiger partial charge in [0.1, 0.15) is 10.4 Å². The first-order valence-electron chi connectivity index (χ1n) is 5.13. The van der Waals surface area contributed by atoms with Crippen LogP contribution in [-0.4, -0.2) is 18.1 Å². The van der Waals surface area contributed by atoms with Crippen LogP contribution in [0.4, 0.5) is 5.82 Å². The summed E-state index contributed by atoms with van der Waals surface area (Å²) >= 11 is 3.40. The molecule has 2 nitrogen and oxygen atoms in total. The van der Waals surface area contributed by atoms with E-state index in [1.165, 1.54) is 25.7 Å². The molecule has 0 bridgehead atoms. The molecule has 0 N–H and O–H groups in total. The number of hydrogen-bond donors (Lipinski definition) is 0. The number of aromatic nitrogens is 1. The average molecular weight is 255 g/mol. The van der Waals surface area contributed by atoms with Crippen LogP contribution >= 0.6 is 15.9 Å². The maximum Gasteiger partial charge on any atom is 0.129 e. The van der Waals surface area contributed by atoms with E-state index in [0.29, 0.717) is 6.04 Å². The van der Waals surface area contributed by atoms with Crippen molar-refractivity contribution in [2.75, 3.05) is 11.9 Å². The molecule has 0 aliphatic heterocycles. The molecule has 1 aromatic heterocycles. The van der Waals surface area contributed by atoms with Crippen LogP contribution in [0.15, 0.2) is 22.8 Å². The third kappa shape index (κ3) is 2.08. The van der Waals surface area contributed by atoms with Crippen molar-refractivity contribution in [2.24, 2.45) is 0 Å². The third-order valence-corrected chi connectivity index (χ3v) is 3.38. The molecule has 1 saturated carbocycles. The lowest BCUT2D eigenvalue weighted by Gasteiger charge is -2.25. The molecule has 0 radical (unpaired) electrons. The largest absolute Gasteiger partial charge is 0.357 e. The Morgan fingerprint density at radius 3 is 2.71 bits per heavy atom. The topological polar surface area (TPSA) is 16.1 Å². The highest BCUT2D eigenvalue weighted by Gasteiger charge is 2.20. The molecule has 1 fully saturated rings. The first kappa shape index (κ1) is 9.97. The summed E-state index contributed by atoms with van der Waals surface area (Å²) in [5.74, 6) is 1.08. The van der Waals surface area contributed by atoms with Gasteiger partial charge in [-0.15, -0.1) is 0 Å². The van der Waals surface area contributed by atoms with Crippen LogP contribution in [0.5, 0.6) is 0 Å². The highest BCUT2D eigenvalue weighted by atomic mass is 79.9. The van der Waals surface area contributed by atoms with Crippen LogP contribution in [-0.2, 0) is 0 Å². The van der Waals surface area contributed by atoms with E-state index >= 15 is 0 Å². The maximum atomic E-state index is 4.46. The average Bonchev–Trinajstić information content (AvgIpc) is 2.69. The van der Waals surface area contributed by atoms with Crippen LogP contribution in [0.25, 0.3) is 0 Å². The minimum Gasteiger partial charge on any atom is -0.357 e. The summed E-state index contributed by atoms with van der Waals surface area (Å²) in [7, 11) is 2.14. The highest BCUT2D eigenvalue weighted by molar-refractivity contribution is 9.10. The summed E-state index contributed by atoms with van der Waals surface area (Å²) in [5.41, 5.74) is 0. The van der Waals surface area contributed by atoms with Crippen LogP contribution in [0.2, 0.25) is 0 Å². The van der Waals surface area contributed by atoms with Gasteiger partial charge >= 0.3 is 0 Å². The molecule has 0 spiro atoms. The van der Waals surface area contributed by atoms with Crippen molar-refractivity contribution in [2.45, 2.75) is 31.7 Å². The van der Waals surface area contributed by atoms with E-state index in [4.69, 9.17) is 0 Å². The minimum atomic E-state index is 0.691. The Kier molecular flexibility index (Phi) is 3.06. The first-order chi connectivity index (χ1) is 6.77. The lowest BCUT2D eigenvalue weighted by Crippen LogP contribution is -2.29. The summed E-state index contributed by atoms with van der Waals surface area (Å²) in [6, 6.07) is 6.77. The van der Waals surface area contributed by atoms with E-state index in [9.17, 15) is 0 Å². The molecule has 76 valence electrons. The zero-order chi connectivity index (χ0) is 9.97. The highest BCUT2D eigenvalue weighted by Crippen LogP contribution is 2.26. The summed E-state index contributed by atoms with van der Waals surface area (Å²) < 4.78 is 0.917. The van der Waals surface area contributed by atoms with Gasteiger partial charge < -0.3 is 4.90 Å². The van der Waals surface area contributed by atoms with Gasteiger partial charge in [-0.3, -0.25) is 0 Å². The number of pyridine rings is 1. The Balaban J connectivity index is 2.13. The second-order valence-electron chi connectivity index (χ2n) is 3.87. The molecule has 0 aromatic carbocycles. The molecular weight excluding hydrogens is 240 g/mol. The summed E-state index contributed by atoms with van der Waals surface area (Å²) in [4.78, 5) is 6.76. The van der Waals surface area contributed by atoms with Crippen molar-refractivity contribution >= 4 is 21.7 Å². The van der Waals surface area contributed by atoms with E-state index in [1.54, 1.807) is 0 Å². The molecule has 14 heavy (non-hydrogen) atoms. The van der Waals surface area contributed by atoms with Crippen LogP contribution < -0.4 is 4.90 Å².